The van der Waals surface area contributed by atoms with Crippen molar-refractivity contribution in [1.29, 1.82) is 0 Å². The zero-order valence-corrected chi connectivity index (χ0v) is 14.2. The van der Waals surface area contributed by atoms with Gasteiger partial charge in [-0.1, -0.05) is 6.07 Å². The number of nitrogens with one attached hydrogen (secondary N) is 1. The van der Waals surface area contributed by atoms with E-state index in [1.54, 1.807) is 37.3 Å². The van der Waals surface area contributed by atoms with E-state index in [-0.39, 0.29) is 11.4 Å². The monoisotopic (exact) mass is 372 g/mol. The van der Waals surface area contributed by atoms with Gasteiger partial charge >= 0.3 is 0 Å². The van der Waals surface area contributed by atoms with E-state index in [4.69, 9.17) is 10.2 Å². The summed E-state index contributed by atoms with van der Waals surface area (Å²) < 4.78 is 33.5. The lowest BCUT2D eigenvalue weighted by atomic mass is 10.2. The van der Waals surface area contributed by atoms with Crippen molar-refractivity contribution in [3.05, 3.63) is 51.9 Å². The first-order valence-electron chi connectivity index (χ1n) is 6.40. The van der Waals surface area contributed by atoms with E-state index in [0.29, 0.717) is 10.2 Å². The minimum atomic E-state index is -3.67. The van der Waals surface area contributed by atoms with Crippen LogP contribution in [-0.4, -0.2) is 8.42 Å². The highest BCUT2D eigenvalue weighted by molar-refractivity contribution is 9.10. The maximum atomic E-state index is 12.5. The van der Waals surface area contributed by atoms with E-state index in [0.717, 1.165) is 11.3 Å². The van der Waals surface area contributed by atoms with Crippen molar-refractivity contribution in [3.63, 3.8) is 0 Å². The SMILES string of the molecule is Cc1ccc(C(C)NS(=O)(=O)c2cc(CN)ccc2Br)o1. The summed E-state index contributed by atoms with van der Waals surface area (Å²) in [5.41, 5.74) is 6.31. The Labute approximate surface area is 132 Å². The number of sulfonamides is 1. The van der Waals surface area contributed by atoms with Crippen molar-refractivity contribution in [2.45, 2.75) is 31.3 Å². The highest BCUT2D eigenvalue weighted by Crippen LogP contribution is 2.25. The lowest BCUT2D eigenvalue weighted by Crippen LogP contribution is -2.27. The molecule has 1 aromatic heterocycles. The third-order valence-corrected chi connectivity index (χ3v) is 5.58. The van der Waals surface area contributed by atoms with Crippen molar-refractivity contribution < 1.29 is 12.8 Å². The van der Waals surface area contributed by atoms with E-state index in [2.05, 4.69) is 20.7 Å². The quantitative estimate of drug-likeness (QED) is 0.844. The summed E-state index contributed by atoms with van der Waals surface area (Å²) in [5.74, 6) is 1.31. The van der Waals surface area contributed by atoms with Crippen LogP contribution < -0.4 is 10.5 Å². The molecule has 2 rings (SSSR count). The van der Waals surface area contributed by atoms with Crippen LogP contribution in [-0.2, 0) is 16.6 Å². The van der Waals surface area contributed by atoms with Gasteiger partial charge in [-0.25, -0.2) is 13.1 Å². The summed E-state index contributed by atoms with van der Waals surface area (Å²) in [5, 5.41) is 0. The van der Waals surface area contributed by atoms with Gasteiger partial charge in [-0.3, -0.25) is 0 Å². The Hall–Kier alpha value is -1.15. The average Bonchev–Trinajstić information content (AvgIpc) is 2.85. The Morgan fingerprint density at radius 2 is 2.05 bits per heavy atom. The molecule has 3 N–H and O–H groups in total. The molecule has 0 radical (unpaired) electrons. The van der Waals surface area contributed by atoms with Gasteiger partial charge < -0.3 is 10.2 Å². The van der Waals surface area contributed by atoms with Gasteiger partial charge in [0.15, 0.2) is 0 Å². The molecule has 0 fully saturated rings. The highest BCUT2D eigenvalue weighted by Gasteiger charge is 2.22. The van der Waals surface area contributed by atoms with Gasteiger partial charge in [-0.15, -0.1) is 0 Å². The van der Waals surface area contributed by atoms with Crippen LogP contribution in [0.3, 0.4) is 0 Å². The van der Waals surface area contributed by atoms with Crippen LogP contribution in [0.15, 0.2) is 44.1 Å². The Bertz CT molecular complexity index is 740. The molecule has 21 heavy (non-hydrogen) atoms. The van der Waals surface area contributed by atoms with Crippen LogP contribution in [0, 0.1) is 6.92 Å². The van der Waals surface area contributed by atoms with Crippen molar-refractivity contribution >= 4 is 26.0 Å². The molecular formula is C14H17BrN2O3S. The summed E-state index contributed by atoms with van der Waals surface area (Å²) in [6.45, 7) is 3.82. The van der Waals surface area contributed by atoms with Gasteiger partial charge in [-0.05, 0) is 59.6 Å². The van der Waals surface area contributed by atoms with Crippen molar-refractivity contribution in [2.75, 3.05) is 0 Å². The smallest absolute Gasteiger partial charge is 0.242 e. The predicted molar refractivity (Wildman–Crippen MR) is 84.2 cm³/mol. The highest BCUT2D eigenvalue weighted by atomic mass is 79.9. The molecule has 2 aromatic rings. The third-order valence-electron chi connectivity index (χ3n) is 3.04. The molecule has 1 heterocycles. The van der Waals surface area contributed by atoms with E-state index < -0.39 is 16.1 Å². The van der Waals surface area contributed by atoms with Gasteiger partial charge in [-0.2, -0.15) is 0 Å². The van der Waals surface area contributed by atoms with E-state index in [1.807, 2.05) is 6.92 Å². The molecule has 0 aliphatic carbocycles. The molecule has 114 valence electrons. The largest absolute Gasteiger partial charge is 0.465 e. The molecule has 0 amide bonds. The van der Waals surface area contributed by atoms with Gasteiger partial charge in [0.25, 0.3) is 0 Å². The first kappa shape index (κ1) is 16.2. The van der Waals surface area contributed by atoms with E-state index in [9.17, 15) is 8.42 Å². The minimum Gasteiger partial charge on any atom is -0.465 e. The Balaban J connectivity index is 2.30. The topological polar surface area (TPSA) is 85.3 Å². The maximum absolute atomic E-state index is 12.5. The average molecular weight is 373 g/mol. The fourth-order valence-corrected chi connectivity index (χ4v) is 4.15. The van der Waals surface area contributed by atoms with Crippen LogP contribution in [0.4, 0.5) is 0 Å². The van der Waals surface area contributed by atoms with E-state index in [1.165, 1.54) is 0 Å². The molecule has 7 heteroatoms. The molecule has 0 aliphatic rings. The maximum Gasteiger partial charge on any atom is 0.242 e. The van der Waals surface area contributed by atoms with Crippen LogP contribution in [0.25, 0.3) is 0 Å². The van der Waals surface area contributed by atoms with Crippen molar-refractivity contribution in [2.24, 2.45) is 5.73 Å². The second kappa shape index (κ2) is 6.31. The summed E-state index contributed by atoms with van der Waals surface area (Å²) in [4.78, 5) is 0.167. The zero-order valence-electron chi connectivity index (χ0n) is 11.8. The van der Waals surface area contributed by atoms with Crippen LogP contribution in [0.1, 0.15) is 30.0 Å². The molecule has 0 spiro atoms. The standard InChI is InChI=1S/C14H17BrN2O3S/c1-9-3-6-13(20-9)10(2)17-21(18,19)14-7-11(8-16)4-5-12(14)15/h3-7,10,17H,8,16H2,1-2H3. The minimum absolute atomic E-state index is 0.167. The van der Waals surface area contributed by atoms with Gasteiger partial charge in [0, 0.05) is 11.0 Å². The molecule has 0 bridgehead atoms. The predicted octanol–water partition coefficient (Wildman–Crippen LogP) is 2.85. The first-order chi connectivity index (χ1) is 9.83. The van der Waals surface area contributed by atoms with Crippen molar-refractivity contribution in [3.8, 4) is 0 Å². The lowest BCUT2D eigenvalue weighted by molar-refractivity contribution is 0.441. The third kappa shape index (κ3) is 3.74. The summed E-state index contributed by atoms with van der Waals surface area (Å²) in [7, 11) is -3.67. The Morgan fingerprint density at radius 3 is 2.62 bits per heavy atom. The molecule has 0 aliphatic heterocycles. The first-order valence-corrected chi connectivity index (χ1v) is 8.68. The molecule has 0 saturated carbocycles. The number of hydrogen-bond acceptors (Lipinski definition) is 4. The van der Waals surface area contributed by atoms with Crippen molar-refractivity contribution in [1.82, 2.24) is 4.72 Å². The molecular weight excluding hydrogens is 356 g/mol. The Kier molecular flexibility index (Phi) is 4.88. The van der Waals surface area contributed by atoms with Gasteiger partial charge in [0.2, 0.25) is 10.0 Å². The number of aryl methyl sites for hydroxylation is 1. The second-order valence-corrected chi connectivity index (χ2v) is 7.30. The van der Waals surface area contributed by atoms with E-state index >= 15 is 0 Å². The summed E-state index contributed by atoms with van der Waals surface area (Å²) in [6, 6.07) is 8.11. The molecule has 1 atom stereocenters. The summed E-state index contributed by atoms with van der Waals surface area (Å²) >= 11 is 3.26. The second-order valence-electron chi connectivity index (χ2n) is 4.76. The number of hydrogen-bond donors (Lipinski definition) is 2. The molecule has 0 saturated heterocycles. The van der Waals surface area contributed by atoms with Gasteiger partial charge in [0.05, 0.1) is 10.9 Å². The van der Waals surface area contributed by atoms with Crippen LogP contribution in [0.2, 0.25) is 0 Å². The Morgan fingerprint density at radius 1 is 1.33 bits per heavy atom. The zero-order chi connectivity index (χ0) is 15.6. The fraction of sp³-hybridized carbons (Fsp3) is 0.286. The number of rotatable bonds is 5. The molecule has 1 aromatic carbocycles. The van der Waals surface area contributed by atoms with Gasteiger partial charge in [0.1, 0.15) is 11.5 Å². The number of benzene rings is 1. The number of nitrogens with two attached hydrogens (primary N) is 1. The fourth-order valence-electron chi connectivity index (χ4n) is 1.92. The lowest BCUT2D eigenvalue weighted by Gasteiger charge is -2.14. The van der Waals surface area contributed by atoms with Crippen LogP contribution >= 0.6 is 15.9 Å². The number of halogens is 1. The number of furan rings is 1. The normalized spacial score (nSPS) is 13.3. The molecule has 5 nitrogen and oxygen atoms in total. The summed E-state index contributed by atoms with van der Waals surface area (Å²) in [6.07, 6.45) is 0. The van der Waals surface area contributed by atoms with Crippen LogP contribution in [0.5, 0.6) is 0 Å². The molecule has 1 unspecified atom stereocenters.